The summed E-state index contributed by atoms with van der Waals surface area (Å²) in [5, 5.41) is 6.05. The number of nitrogens with zero attached hydrogens (tertiary/aromatic N) is 2. The van der Waals surface area contributed by atoms with E-state index >= 15 is 0 Å². The summed E-state index contributed by atoms with van der Waals surface area (Å²) in [4.78, 5) is 18.8. The number of urea groups is 1. The number of nitrogens with one attached hydrogen (secondary N) is 2. The quantitative estimate of drug-likeness (QED) is 0.584. The van der Waals surface area contributed by atoms with Gasteiger partial charge in [0.05, 0.1) is 13.2 Å². The van der Waals surface area contributed by atoms with Gasteiger partial charge in [-0.25, -0.2) is 14.2 Å². The van der Waals surface area contributed by atoms with Crippen LogP contribution in [-0.2, 0) is 4.74 Å². The monoisotopic (exact) mass is 458 g/mol. The van der Waals surface area contributed by atoms with Gasteiger partial charge in [0.15, 0.2) is 5.82 Å². The maximum atomic E-state index is 14.7. The Morgan fingerprint density at radius 1 is 1.10 bits per heavy atom. The van der Waals surface area contributed by atoms with Gasteiger partial charge in [0, 0.05) is 34.3 Å². The van der Waals surface area contributed by atoms with E-state index in [9.17, 15) is 9.18 Å². The summed E-state index contributed by atoms with van der Waals surface area (Å²) >= 11 is 3.43. The van der Waals surface area contributed by atoms with E-state index in [1.165, 1.54) is 6.07 Å². The number of aryl methyl sites for hydroxylation is 1. The van der Waals surface area contributed by atoms with Crippen molar-refractivity contribution < 1.29 is 13.9 Å². The molecule has 0 saturated carbocycles. The fourth-order valence-electron chi connectivity index (χ4n) is 3.24. The molecule has 0 bridgehead atoms. The summed E-state index contributed by atoms with van der Waals surface area (Å²) in [5.74, 6) is 0.246. The molecule has 29 heavy (non-hydrogen) atoms. The molecule has 2 N–H and O–H groups in total. The number of pyridine rings is 1. The Labute approximate surface area is 176 Å². The minimum atomic E-state index is -0.479. The first-order valence-corrected chi connectivity index (χ1v) is 10.1. The van der Waals surface area contributed by atoms with E-state index in [2.05, 4.69) is 36.4 Å². The van der Waals surface area contributed by atoms with Gasteiger partial charge in [0.1, 0.15) is 11.3 Å². The average molecular weight is 459 g/mol. The molecule has 8 heteroatoms. The molecule has 0 radical (unpaired) electrons. The van der Waals surface area contributed by atoms with Crippen molar-refractivity contribution in [3.63, 3.8) is 0 Å². The van der Waals surface area contributed by atoms with E-state index in [1.807, 2.05) is 31.2 Å². The first kappa shape index (κ1) is 19.6. The van der Waals surface area contributed by atoms with E-state index < -0.39 is 11.8 Å². The van der Waals surface area contributed by atoms with Crippen molar-refractivity contribution in [1.82, 2.24) is 4.98 Å². The van der Waals surface area contributed by atoms with Crippen molar-refractivity contribution >= 4 is 50.1 Å². The molecule has 1 aliphatic rings. The predicted octanol–water partition coefficient (Wildman–Crippen LogP) is 4.93. The molecule has 0 atom stereocenters. The summed E-state index contributed by atoms with van der Waals surface area (Å²) in [6.45, 7) is 4.67. The highest BCUT2D eigenvalue weighted by atomic mass is 79.9. The number of carbonyl (C=O) groups excluding carboxylic acids is 1. The highest BCUT2D eigenvalue weighted by molar-refractivity contribution is 9.10. The Morgan fingerprint density at radius 2 is 1.86 bits per heavy atom. The zero-order valence-electron chi connectivity index (χ0n) is 15.8. The Morgan fingerprint density at radius 3 is 2.62 bits per heavy atom. The van der Waals surface area contributed by atoms with Crippen LogP contribution in [0, 0.1) is 12.7 Å². The summed E-state index contributed by atoms with van der Waals surface area (Å²) in [6.07, 6.45) is 0. The second-order valence-corrected chi connectivity index (χ2v) is 7.70. The highest BCUT2D eigenvalue weighted by Gasteiger charge is 2.15. The third-order valence-electron chi connectivity index (χ3n) is 4.74. The number of morpholine rings is 1. The van der Waals surface area contributed by atoms with Gasteiger partial charge in [-0.1, -0.05) is 15.9 Å². The Bertz CT molecular complexity index is 1070. The number of carbonyl (C=O) groups is 1. The Hall–Kier alpha value is -2.71. The predicted molar refractivity (Wildman–Crippen MR) is 116 cm³/mol. The number of amides is 2. The summed E-state index contributed by atoms with van der Waals surface area (Å²) < 4.78 is 21.0. The van der Waals surface area contributed by atoms with E-state index in [0.29, 0.717) is 30.0 Å². The minimum Gasteiger partial charge on any atom is -0.378 e. The maximum absolute atomic E-state index is 14.7. The van der Waals surface area contributed by atoms with Crippen molar-refractivity contribution in [2.75, 3.05) is 41.8 Å². The molecule has 0 aliphatic carbocycles. The highest BCUT2D eigenvalue weighted by Crippen LogP contribution is 2.25. The van der Waals surface area contributed by atoms with Crippen LogP contribution in [0.2, 0.25) is 0 Å². The lowest BCUT2D eigenvalue weighted by atomic mass is 10.2. The first-order chi connectivity index (χ1) is 14.0. The maximum Gasteiger partial charge on any atom is 0.323 e. The van der Waals surface area contributed by atoms with Gasteiger partial charge in [-0.2, -0.15) is 0 Å². The van der Waals surface area contributed by atoms with E-state index in [4.69, 9.17) is 4.74 Å². The lowest BCUT2D eigenvalue weighted by Crippen LogP contribution is -2.36. The Kier molecular flexibility index (Phi) is 5.64. The molecule has 0 spiro atoms. The molecule has 150 valence electrons. The van der Waals surface area contributed by atoms with Gasteiger partial charge < -0.3 is 20.3 Å². The van der Waals surface area contributed by atoms with E-state index in [-0.39, 0.29) is 5.52 Å². The lowest BCUT2D eigenvalue weighted by Gasteiger charge is -2.28. The number of hydrogen-bond donors (Lipinski definition) is 2. The number of halogens is 2. The van der Waals surface area contributed by atoms with Crippen LogP contribution >= 0.6 is 15.9 Å². The van der Waals surface area contributed by atoms with Crippen LogP contribution in [0.3, 0.4) is 0 Å². The summed E-state index contributed by atoms with van der Waals surface area (Å²) in [6, 6.07) is 11.7. The van der Waals surface area contributed by atoms with Gasteiger partial charge in [-0.15, -0.1) is 0 Å². The molecular formula is C21H20BrFN4O2. The molecule has 2 aromatic carbocycles. The number of ether oxygens (including phenoxy) is 1. The van der Waals surface area contributed by atoms with Crippen LogP contribution in [0.5, 0.6) is 0 Å². The molecule has 6 nitrogen and oxygen atoms in total. The van der Waals surface area contributed by atoms with Crippen LogP contribution in [-0.4, -0.2) is 37.3 Å². The van der Waals surface area contributed by atoms with E-state index in [0.717, 1.165) is 28.9 Å². The molecule has 1 fully saturated rings. The molecule has 4 rings (SSSR count). The standard InChI is InChI=1S/C21H20BrFN4O2/c1-13-10-15(3-4-17(13)22)24-21(28)25-16-11-14-2-5-19(26-20(14)18(23)12-16)27-6-8-29-9-7-27/h2-5,10-12H,6-9H2,1H3,(H2,24,25,28). The van der Waals surface area contributed by atoms with Crippen molar-refractivity contribution in [3.05, 3.63) is 58.3 Å². The van der Waals surface area contributed by atoms with Gasteiger partial charge in [0.2, 0.25) is 0 Å². The number of hydrogen-bond acceptors (Lipinski definition) is 4. The Balaban J connectivity index is 1.51. The van der Waals surface area contributed by atoms with Crippen molar-refractivity contribution in [3.8, 4) is 0 Å². The van der Waals surface area contributed by atoms with Crippen LogP contribution in [0.1, 0.15) is 5.56 Å². The van der Waals surface area contributed by atoms with Crippen LogP contribution < -0.4 is 15.5 Å². The van der Waals surface area contributed by atoms with Crippen molar-refractivity contribution in [2.45, 2.75) is 6.92 Å². The average Bonchev–Trinajstić information content (AvgIpc) is 2.71. The summed E-state index contributed by atoms with van der Waals surface area (Å²) in [7, 11) is 0. The molecule has 1 aromatic heterocycles. The normalized spacial score (nSPS) is 14.1. The molecule has 2 amide bonds. The number of fused-ring (bicyclic) bond motifs is 1. The molecule has 3 aromatic rings. The smallest absolute Gasteiger partial charge is 0.323 e. The minimum absolute atomic E-state index is 0.281. The molecule has 2 heterocycles. The molecule has 0 unspecified atom stereocenters. The molecular weight excluding hydrogens is 439 g/mol. The van der Waals surface area contributed by atoms with E-state index in [1.54, 1.807) is 12.1 Å². The van der Waals surface area contributed by atoms with Crippen LogP contribution in [0.25, 0.3) is 10.9 Å². The first-order valence-electron chi connectivity index (χ1n) is 9.27. The largest absolute Gasteiger partial charge is 0.378 e. The third-order valence-corrected chi connectivity index (χ3v) is 5.63. The molecule has 1 saturated heterocycles. The van der Waals surface area contributed by atoms with Crippen molar-refractivity contribution in [2.24, 2.45) is 0 Å². The van der Waals surface area contributed by atoms with Gasteiger partial charge in [-0.3, -0.25) is 0 Å². The van der Waals surface area contributed by atoms with Gasteiger partial charge >= 0.3 is 6.03 Å². The summed E-state index contributed by atoms with van der Waals surface area (Å²) in [5.41, 5.74) is 2.30. The van der Waals surface area contributed by atoms with Gasteiger partial charge in [-0.05, 0) is 55.0 Å². The second-order valence-electron chi connectivity index (χ2n) is 6.84. The molecule has 1 aliphatic heterocycles. The topological polar surface area (TPSA) is 66.5 Å². The number of rotatable bonds is 3. The van der Waals surface area contributed by atoms with Crippen LogP contribution in [0.15, 0.2) is 46.9 Å². The fourth-order valence-corrected chi connectivity index (χ4v) is 3.48. The lowest BCUT2D eigenvalue weighted by molar-refractivity contribution is 0.122. The number of benzene rings is 2. The van der Waals surface area contributed by atoms with Gasteiger partial charge in [0.25, 0.3) is 0 Å². The SMILES string of the molecule is Cc1cc(NC(=O)Nc2cc(F)c3nc(N4CCOCC4)ccc3c2)ccc1Br. The number of anilines is 3. The third kappa shape index (κ3) is 4.49. The zero-order valence-corrected chi connectivity index (χ0v) is 17.4. The van der Waals surface area contributed by atoms with Crippen LogP contribution in [0.4, 0.5) is 26.4 Å². The van der Waals surface area contributed by atoms with Crippen molar-refractivity contribution in [1.29, 1.82) is 0 Å². The fraction of sp³-hybridized carbons (Fsp3) is 0.238. The second kappa shape index (κ2) is 8.34. The number of aromatic nitrogens is 1. The zero-order chi connectivity index (χ0) is 20.4.